The molecule has 3 heterocycles. The molecule has 0 amide bonds. The first-order chi connectivity index (χ1) is 12.7. The fraction of sp³-hybridized carbons (Fsp3) is 0.263. The summed E-state index contributed by atoms with van der Waals surface area (Å²) in [6.45, 7) is 1.40. The predicted octanol–water partition coefficient (Wildman–Crippen LogP) is 3.17. The first-order valence-electron chi connectivity index (χ1n) is 8.18. The zero-order chi connectivity index (χ0) is 18.8. The van der Waals surface area contributed by atoms with E-state index in [9.17, 15) is 4.79 Å². The van der Waals surface area contributed by atoms with Crippen molar-refractivity contribution in [1.29, 1.82) is 5.26 Å². The van der Waals surface area contributed by atoms with Crippen LogP contribution in [0.25, 0.3) is 5.57 Å². The van der Waals surface area contributed by atoms with Gasteiger partial charge in [0.25, 0.3) is 0 Å². The van der Waals surface area contributed by atoms with E-state index in [0.717, 1.165) is 41.9 Å². The highest BCUT2D eigenvalue weighted by atomic mass is 35.5. The van der Waals surface area contributed by atoms with E-state index in [1.807, 2.05) is 25.2 Å². The van der Waals surface area contributed by atoms with Crippen LogP contribution in [-0.2, 0) is 11.2 Å². The van der Waals surface area contributed by atoms with Crippen LogP contribution in [0.2, 0.25) is 5.02 Å². The van der Waals surface area contributed by atoms with Gasteiger partial charge < -0.3 is 15.0 Å². The van der Waals surface area contributed by atoms with Crippen LogP contribution in [0.5, 0.6) is 0 Å². The molecule has 0 spiro atoms. The molecule has 0 aliphatic carbocycles. The normalized spacial score (nSPS) is 13.0. The lowest BCUT2D eigenvalue weighted by molar-refractivity contribution is -0.107. The molecule has 1 aliphatic heterocycles. The molecule has 0 saturated carbocycles. The van der Waals surface area contributed by atoms with Gasteiger partial charge in [-0.15, -0.1) is 0 Å². The summed E-state index contributed by atoms with van der Waals surface area (Å²) < 4.78 is 0. The Morgan fingerprint density at radius 1 is 1.31 bits per heavy atom. The fourth-order valence-electron chi connectivity index (χ4n) is 2.37. The fourth-order valence-corrected chi connectivity index (χ4v) is 2.48. The number of carbonyl (C=O) groups excluding carboxylic acids is 1. The Kier molecular flexibility index (Phi) is 7.59. The maximum Gasteiger partial charge on any atom is 0.179 e. The van der Waals surface area contributed by atoms with Crippen LogP contribution in [-0.4, -0.2) is 41.3 Å². The third-order valence-electron chi connectivity index (χ3n) is 3.75. The smallest absolute Gasteiger partial charge is 0.179 e. The average molecular weight is 370 g/mol. The average Bonchev–Trinajstić information content (AvgIpc) is 2.70. The van der Waals surface area contributed by atoms with Crippen LogP contribution in [0, 0.1) is 11.5 Å². The number of hydrogen-bond acceptors (Lipinski definition) is 6. The van der Waals surface area contributed by atoms with Crippen molar-refractivity contribution in [3.05, 3.63) is 59.0 Å². The zero-order valence-electron chi connectivity index (χ0n) is 14.5. The minimum Gasteiger partial charge on any atom is -0.373 e. The van der Waals surface area contributed by atoms with Crippen LogP contribution in [0.1, 0.15) is 17.7 Å². The molecule has 0 aromatic carbocycles. The minimum absolute atomic E-state index is 0.399. The Balaban J connectivity index is 0.000000228. The molecule has 0 fully saturated rings. The largest absolute Gasteiger partial charge is 0.373 e. The van der Waals surface area contributed by atoms with Crippen molar-refractivity contribution in [2.45, 2.75) is 12.8 Å². The SMILES string of the molecule is CNc1ccc(Cl)cn1.N#CN1CCC=C(c2ccc(CC=O)cn2)C1. The molecular formula is C19H20ClN5O. The third kappa shape index (κ3) is 5.87. The Hall–Kier alpha value is -2.91. The molecule has 26 heavy (non-hydrogen) atoms. The Bertz CT molecular complexity index is 781. The van der Waals surface area contributed by atoms with Gasteiger partial charge in [0.05, 0.1) is 17.3 Å². The summed E-state index contributed by atoms with van der Waals surface area (Å²) in [5, 5.41) is 12.4. The molecule has 2 aromatic rings. The second-order valence-electron chi connectivity index (χ2n) is 5.57. The molecule has 0 unspecified atom stereocenters. The molecule has 0 radical (unpaired) electrons. The zero-order valence-corrected chi connectivity index (χ0v) is 15.3. The summed E-state index contributed by atoms with van der Waals surface area (Å²) in [7, 11) is 1.82. The number of nitrogens with zero attached hydrogens (tertiary/aromatic N) is 4. The van der Waals surface area contributed by atoms with E-state index < -0.39 is 0 Å². The number of carbonyl (C=O) groups is 1. The quantitative estimate of drug-likeness (QED) is 0.658. The standard InChI is InChI=1S/C13H13N3O.C6H7ClN2/c14-10-16-6-1-2-12(9-16)13-4-3-11(5-7-17)8-15-13;1-8-6-3-2-5(7)4-9-6/h2-4,7-8H,1,5-6,9H2;2-4H,1H3,(H,8,9). The lowest BCUT2D eigenvalue weighted by Crippen LogP contribution is -2.24. The number of halogens is 1. The van der Waals surface area contributed by atoms with E-state index in [-0.39, 0.29) is 0 Å². The summed E-state index contributed by atoms with van der Waals surface area (Å²) in [6.07, 6.45) is 9.74. The highest BCUT2D eigenvalue weighted by Crippen LogP contribution is 2.18. The Morgan fingerprint density at radius 2 is 2.15 bits per heavy atom. The molecule has 134 valence electrons. The molecular weight excluding hydrogens is 350 g/mol. The van der Waals surface area contributed by atoms with Crippen LogP contribution in [0.15, 0.2) is 42.7 Å². The number of pyridine rings is 2. The van der Waals surface area contributed by atoms with Gasteiger partial charge >= 0.3 is 0 Å². The number of hydrogen-bond donors (Lipinski definition) is 1. The van der Waals surface area contributed by atoms with Crippen LogP contribution in [0.3, 0.4) is 0 Å². The van der Waals surface area contributed by atoms with Gasteiger partial charge in [0, 0.05) is 32.4 Å². The highest BCUT2D eigenvalue weighted by molar-refractivity contribution is 6.30. The van der Waals surface area contributed by atoms with Gasteiger partial charge in [-0.3, -0.25) is 4.98 Å². The van der Waals surface area contributed by atoms with Crippen LogP contribution < -0.4 is 5.32 Å². The highest BCUT2D eigenvalue weighted by Gasteiger charge is 2.13. The summed E-state index contributed by atoms with van der Waals surface area (Å²) in [5.74, 6) is 0.833. The van der Waals surface area contributed by atoms with E-state index >= 15 is 0 Å². The van der Waals surface area contributed by atoms with Gasteiger partial charge in [-0.05, 0) is 35.8 Å². The first-order valence-corrected chi connectivity index (χ1v) is 8.56. The number of aldehydes is 1. The Morgan fingerprint density at radius 3 is 2.73 bits per heavy atom. The monoisotopic (exact) mass is 369 g/mol. The van der Waals surface area contributed by atoms with E-state index in [4.69, 9.17) is 16.9 Å². The lowest BCUT2D eigenvalue weighted by Gasteiger charge is -2.21. The second-order valence-corrected chi connectivity index (χ2v) is 6.01. The second kappa shape index (κ2) is 10.2. The summed E-state index contributed by atoms with van der Waals surface area (Å²) >= 11 is 5.58. The number of aromatic nitrogens is 2. The van der Waals surface area contributed by atoms with E-state index in [2.05, 4.69) is 27.6 Å². The third-order valence-corrected chi connectivity index (χ3v) is 3.97. The van der Waals surface area contributed by atoms with Gasteiger partial charge in [0.15, 0.2) is 6.19 Å². The number of nitrogens with one attached hydrogen (secondary N) is 1. The van der Waals surface area contributed by atoms with Crippen molar-refractivity contribution >= 4 is 29.3 Å². The molecule has 3 rings (SSSR count). The minimum atomic E-state index is 0.399. The topological polar surface area (TPSA) is 81.9 Å². The van der Waals surface area contributed by atoms with E-state index in [0.29, 0.717) is 18.0 Å². The molecule has 0 atom stereocenters. The molecule has 1 N–H and O–H groups in total. The maximum absolute atomic E-state index is 10.4. The molecule has 7 heteroatoms. The maximum atomic E-state index is 10.4. The van der Waals surface area contributed by atoms with E-state index in [1.165, 1.54) is 0 Å². The molecule has 6 nitrogen and oxygen atoms in total. The van der Waals surface area contributed by atoms with Crippen molar-refractivity contribution in [2.24, 2.45) is 0 Å². The lowest BCUT2D eigenvalue weighted by atomic mass is 10.1. The Labute approximate surface area is 158 Å². The molecule has 0 saturated heterocycles. The summed E-state index contributed by atoms with van der Waals surface area (Å²) in [4.78, 5) is 20.4. The molecule has 2 aromatic heterocycles. The van der Waals surface area contributed by atoms with E-state index in [1.54, 1.807) is 23.4 Å². The number of rotatable bonds is 4. The van der Waals surface area contributed by atoms with Crippen molar-refractivity contribution in [2.75, 3.05) is 25.5 Å². The van der Waals surface area contributed by atoms with Crippen molar-refractivity contribution in [3.8, 4) is 6.19 Å². The van der Waals surface area contributed by atoms with Gasteiger partial charge in [0.1, 0.15) is 12.1 Å². The van der Waals surface area contributed by atoms with Crippen LogP contribution >= 0.6 is 11.6 Å². The van der Waals surface area contributed by atoms with Crippen molar-refractivity contribution in [1.82, 2.24) is 14.9 Å². The molecule has 1 aliphatic rings. The number of nitriles is 1. The van der Waals surface area contributed by atoms with Crippen LogP contribution in [0.4, 0.5) is 5.82 Å². The first kappa shape index (κ1) is 19.4. The predicted molar refractivity (Wildman–Crippen MR) is 103 cm³/mol. The van der Waals surface area contributed by atoms with Gasteiger partial charge in [0.2, 0.25) is 0 Å². The van der Waals surface area contributed by atoms with Gasteiger partial charge in [-0.2, -0.15) is 5.26 Å². The van der Waals surface area contributed by atoms with Gasteiger partial charge in [-0.25, -0.2) is 4.98 Å². The summed E-state index contributed by atoms with van der Waals surface area (Å²) in [5.41, 5.74) is 2.88. The summed E-state index contributed by atoms with van der Waals surface area (Å²) in [6, 6.07) is 7.43. The number of anilines is 1. The molecule has 0 bridgehead atoms. The van der Waals surface area contributed by atoms with Crippen molar-refractivity contribution < 1.29 is 4.79 Å². The van der Waals surface area contributed by atoms with Crippen molar-refractivity contribution in [3.63, 3.8) is 0 Å². The van der Waals surface area contributed by atoms with Gasteiger partial charge in [-0.1, -0.05) is 23.7 Å².